The normalized spacial score (nSPS) is 24.6. The van der Waals surface area contributed by atoms with Crippen molar-refractivity contribution in [3.05, 3.63) is 29.3 Å². The van der Waals surface area contributed by atoms with E-state index in [1.165, 1.54) is 83.8 Å². The highest BCUT2D eigenvalue weighted by Crippen LogP contribution is 2.44. The molecule has 0 radical (unpaired) electrons. The van der Waals surface area contributed by atoms with E-state index in [-0.39, 0.29) is 24.1 Å². The quantitative estimate of drug-likeness (QED) is 0.319. The Labute approximate surface area is 213 Å². The maximum atomic E-state index is 13.0. The Balaban J connectivity index is 1.04. The molecule has 3 heterocycles. The molecule has 3 amide bonds. The molecule has 0 aromatic heterocycles. The first-order chi connectivity index (χ1) is 17.0. The summed E-state index contributed by atoms with van der Waals surface area (Å²) in [6.45, 7) is 4.28. The number of imide groups is 1. The first-order valence-electron chi connectivity index (χ1n) is 13.7. The zero-order valence-corrected chi connectivity index (χ0v) is 21.7. The number of hydrogen-bond donors (Lipinski definition) is 1. The summed E-state index contributed by atoms with van der Waals surface area (Å²) in [6, 6.07) is 5.36. The zero-order chi connectivity index (χ0) is 24.3. The van der Waals surface area contributed by atoms with Crippen LogP contribution in [0.5, 0.6) is 0 Å². The van der Waals surface area contributed by atoms with Crippen LogP contribution in [0, 0.1) is 5.41 Å². The fourth-order valence-electron chi connectivity index (χ4n) is 6.54. The maximum absolute atomic E-state index is 13.0. The van der Waals surface area contributed by atoms with Gasteiger partial charge in [0.05, 0.1) is 0 Å². The molecule has 1 saturated carbocycles. The van der Waals surface area contributed by atoms with Gasteiger partial charge in [-0.2, -0.15) is 0 Å². The standard InChI is InChI=1S/C28H39N3O3S/c32-25-11-10-23(26(33)29-25)31-20-22-21(27(31)34)8-7-9-24(22)35-19-6-2-5-16-30-17-14-28(15-18-30)12-3-1-4-13-28/h7-9,23H,1-6,10-20H2,(H,29,32,33). The van der Waals surface area contributed by atoms with Gasteiger partial charge in [-0.05, 0) is 93.4 Å². The summed E-state index contributed by atoms with van der Waals surface area (Å²) in [7, 11) is 0. The lowest BCUT2D eigenvalue weighted by atomic mass is 9.68. The number of carbonyl (C=O) groups excluding carboxylic acids is 3. The van der Waals surface area contributed by atoms with Crippen molar-refractivity contribution < 1.29 is 14.4 Å². The van der Waals surface area contributed by atoms with Crippen LogP contribution in [0.4, 0.5) is 0 Å². The third-order valence-corrected chi connectivity index (χ3v) is 9.93. The SMILES string of the molecule is O=C1CCC(N2Cc3c(SCCCCCN4CCC5(CCCCC5)CC4)cccc3C2=O)C(=O)N1. The molecule has 7 heteroatoms. The fraction of sp³-hybridized carbons (Fsp3) is 0.679. The molecule has 1 atom stereocenters. The Kier molecular flexibility index (Phi) is 7.83. The summed E-state index contributed by atoms with van der Waals surface area (Å²) in [5, 5.41) is 2.38. The van der Waals surface area contributed by atoms with E-state index in [9.17, 15) is 14.4 Å². The van der Waals surface area contributed by atoms with Crippen molar-refractivity contribution in [2.75, 3.05) is 25.4 Å². The van der Waals surface area contributed by atoms with Crippen LogP contribution >= 0.6 is 11.8 Å². The summed E-state index contributed by atoms with van der Waals surface area (Å²) < 4.78 is 0. The highest BCUT2D eigenvalue weighted by Gasteiger charge is 2.40. The number of piperidine rings is 2. The number of thioether (sulfide) groups is 1. The van der Waals surface area contributed by atoms with E-state index in [1.54, 1.807) is 4.90 Å². The number of rotatable bonds is 8. The number of likely N-dealkylation sites (tertiary alicyclic amines) is 1. The molecule has 1 aromatic rings. The number of amides is 3. The summed E-state index contributed by atoms with van der Waals surface area (Å²) in [4.78, 5) is 42.3. The molecular weight excluding hydrogens is 458 g/mol. The molecule has 0 bridgehead atoms. The third kappa shape index (κ3) is 5.61. The number of hydrogen-bond acceptors (Lipinski definition) is 5. The van der Waals surface area contributed by atoms with Crippen LogP contribution in [0.3, 0.4) is 0 Å². The van der Waals surface area contributed by atoms with Crippen LogP contribution in [0.2, 0.25) is 0 Å². The van der Waals surface area contributed by atoms with Crippen molar-refractivity contribution in [2.24, 2.45) is 5.41 Å². The lowest BCUT2D eigenvalue weighted by Gasteiger charge is -2.44. The lowest BCUT2D eigenvalue weighted by Crippen LogP contribution is -2.52. The van der Waals surface area contributed by atoms with Crippen LogP contribution in [-0.2, 0) is 16.1 Å². The number of benzene rings is 1. The number of nitrogens with zero attached hydrogens (tertiary/aromatic N) is 2. The Hall–Kier alpha value is -1.86. The first kappa shape index (κ1) is 24.8. The highest BCUT2D eigenvalue weighted by molar-refractivity contribution is 7.99. The zero-order valence-electron chi connectivity index (χ0n) is 20.9. The second kappa shape index (κ2) is 11.0. The average Bonchev–Trinajstić information content (AvgIpc) is 3.20. The summed E-state index contributed by atoms with van der Waals surface area (Å²) >= 11 is 1.83. The Bertz CT molecular complexity index is 949. The minimum absolute atomic E-state index is 0.0894. The van der Waals surface area contributed by atoms with Crippen LogP contribution in [0.25, 0.3) is 0 Å². The largest absolute Gasteiger partial charge is 0.322 e. The van der Waals surface area contributed by atoms with E-state index in [0.717, 1.165) is 16.2 Å². The van der Waals surface area contributed by atoms with E-state index < -0.39 is 6.04 Å². The van der Waals surface area contributed by atoms with E-state index in [4.69, 9.17) is 0 Å². The molecule has 35 heavy (non-hydrogen) atoms. The molecule has 1 spiro atoms. The number of unbranched alkanes of at least 4 members (excludes halogenated alkanes) is 2. The second-order valence-electron chi connectivity index (χ2n) is 11.0. The molecule has 3 aliphatic heterocycles. The van der Waals surface area contributed by atoms with E-state index in [1.807, 2.05) is 23.9 Å². The van der Waals surface area contributed by atoms with Crippen molar-refractivity contribution in [2.45, 2.75) is 94.5 Å². The van der Waals surface area contributed by atoms with E-state index in [0.29, 0.717) is 23.9 Å². The van der Waals surface area contributed by atoms with Gasteiger partial charge in [0.2, 0.25) is 11.8 Å². The topological polar surface area (TPSA) is 69.7 Å². The molecular formula is C28H39N3O3S. The third-order valence-electron chi connectivity index (χ3n) is 8.75. The number of fused-ring (bicyclic) bond motifs is 1. The predicted octanol–water partition coefficient (Wildman–Crippen LogP) is 4.76. The van der Waals surface area contributed by atoms with Crippen molar-refractivity contribution in [3.63, 3.8) is 0 Å². The van der Waals surface area contributed by atoms with Crippen LogP contribution in [0.1, 0.15) is 93.0 Å². The van der Waals surface area contributed by atoms with Gasteiger partial charge in [-0.25, -0.2) is 0 Å². The molecule has 6 nitrogen and oxygen atoms in total. The van der Waals surface area contributed by atoms with Gasteiger partial charge in [-0.3, -0.25) is 19.7 Å². The lowest BCUT2D eigenvalue weighted by molar-refractivity contribution is -0.136. The van der Waals surface area contributed by atoms with Crippen LogP contribution in [0.15, 0.2) is 23.1 Å². The number of nitrogens with one attached hydrogen (secondary N) is 1. The summed E-state index contributed by atoms with van der Waals surface area (Å²) in [6.07, 6.45) is 14.5. The smallest absolute Gasteiger partial charge is 0.255 e. The second-order valence-corrected chi connectivity index (χ2v) is 12.1. The number of carbonyl (C=O) groups is 3. The van der Waals surface area contributed by atoms with Gasteiger partial charge in [0.25, 0.3) is 5.91 Å². The van der Waals surface area contributed by atoms with Gasteiger partial charge >= 0.3 is 0 Å². The van der Waals surface area contributed by atoms with Gasteiger partial charge in [0, 0.05) is 23.4 Å². The van der Waals surface area contributed by atoms with Crippen molar-refractivity contribution in [1.29, 1.82) is 0 Å². The maximum Gasteiger partial charge on any atom is 0.255 e. The Morgan fingerprint density at radius 1 is 0.971 bits per heavy atom. The van der Waals surface area contributed by atoms with Crippen molar-refractivity contribution in [1.82, 2.24) is 15.1 Å². The van der Waals surface area contributed by atoms with Crippen LogP contribution in [-0.4, -0.2) is 59.0 Å². The average molecular weight is 498 g/mol. The van der Waals surface area contributed by atoms with Gasteiger partial charge in [-0.15, -0.1) is 11.8 Å². The van der Waals surface area contributed by atoms with Gasteiger partial charge in [0.15, 0.2) is 0 Å². The summed E-state index contributed by atoms with van der Waals surface area (Å²) in [5.41, 5.74) is 2.44. The van der Waals surface area contributed by atoms with Crippen LogP contribution < -0.4 is 5.32 Å². The predicted molar refractivity (Wildman–Crippen MR) is 138 cm³/mol. The molecule has 5 rings (SSSR count). The fourth-order valence-corrected chi connectivity index (χ4v) is 7.63. The highest BCUT2D eigenvalue weighted by atomic mass is 32.2. The van der Waals surface area contributed by atoms with E-state index >= 15 is 0 Å². The molecule has 2 saturated heterocycles. The Morgan fingerprint density at radius 3 is 2.54 bits per heavy atom. The van der Waals surface area contributed by atoms with Gasteiger partial charge in [-0.1, -0.05) is 31.7 Å². The van der Waals surface area contributed by atoms with Crippen molar-refractivity contribution >= 4 is 29.5 Å². The molecule has 1 unspecified atom stereocenters. The van der Waals surface area contributed by atoms with Gasteiger partial charge < -0.3 is 9.80 Å². The molecule has 3 fully saturated rings. The monoisotopic (exact) mass is 497 g/mol. The molecule has 1 aliphatic carbocycles. The van der Waals surface area contributed by atoms with Crippen molar-refractivity contribution in [3.8, 4) is 0 Å². The minimum atomic E-state index is -0.548. The molecule has 1 aromatic carbocycles. The Morgan fingerprint density at radius 2 is 1.77 bits per heavy atom. The molecule has 1 N–H and O–H groups in total. The minimum Gasteiger partial charge on any atom is -0.322 e. The molecule has 190 valence electrons. The molecule has 4 aliphatic rings. The van der Waals surface area contributed by atoms with Gasteiger partial charge in [0.1, 0.15) is 6.04 Å². The first-order valence-corrected chi connectivity index (χ1v) is 14.6. The van der Waals surface area contributed by atoms with E-state index in [2.05, 4.69) is 16.3 Å². The summed E-state index contributed by atoms with van der Waals surface area (Å²) in [5.74, 6) is 0.361.